The fraction of sp³-hybridized carbons (Fsp3) is 0.316. The van der Waals surface area contributed by atoms with Crippen molar-refractivity contribution < 1.29 is 14.3 Å². The van der Waals surface area contributed by atoms with E-state index in [2.05, 4.69) is 29.5 Å². The van der Waals surface area contributed by atoms with E-state index in [1.807, 2.05) is 24.3 Å². The molecule has 0 fully saturated rings. The third-order valence-corrected chi connectivity index (χ3v) is 4.03. The van der Waals surface area contributed by atoms with Crippen molar-refractivity contribution in [1.29, 1.82) is 0 Å². The Hall–Kier alpha value is -1.56. The van der Waals surface area contributed by atoms with Gasteiger partial charge in [-0.05, 0) is 71.5 Å². The number of esters is 1. The summed E-state index contributed by atoms with van der Waals surface area (Å²) in [6.07, 6.45) is 4.73. The monoisotopic (exact) mass is 424 g/mol. The van der Waals surface area contributed by atoms with Gasteiger partial charge in [0.05, 0.1) is 12.2 Å². The molecule has 0 saturated carbocycles. The van der Waals surface area contributed by atoms with Crippen LogP contribution in [0, 0.1) is 3.57 Å². The Morgan fingerprint density at radius 2 is 1.74 bits per heavy atom. The van der Waals surface area contributed by atoms with Crippen LogP contribution in [-0.2, 0) is 0 Å². The minimum absolute atomic E-state index is 0.350. The van der Waals surface area contributed by atoms with E-state index in [1.165, 1.54) is 19.3 Å². The molecule has 0 spiro atoms. The zero-order valence-electron chi connectivity index (χ0n) is 13.3. The summed E-state index contributed by atoms with van der Waals surface area (Å²) in [5.41, 5.74) is 0.549. The van der Waals surface area contributed by atoms with E-state index in [-0.39, 0.29) is 5.97 Å². The highest BCUT2D eigenvalue weighted by atomic mass is 127. The molecule has 2 aromatic rings. The topological polar surface area (TPSA) is 35.5 Å². The number of hydrogen-bond acceptors (Lipinski definition) is 3. The maximum absolute atomic E-state index is 12.1. The van der Waals surface area contributed by atoms with Gasteiger partial charge in [0.2, 0.25) is 0 Å². The van der Waals surface area contributed by atoms with Crippen molar-refractivity contribution in [2.45, 2.75) is 32.6 Å². The van der Waals surface area contributed by atoms with Crippen molar-refractivity contribution >= 4 is 28.6 Å². The van der Waals surface area contributed by atoms with Gasteiger partial charge in [-0.2, -0.15) is 0 Å². The van der Waals surface area contributed by atoms with Gasteiger partial charge in [-0.3, -0.25) is 0 Å². The van der Waals surface area contributed by atoms with Gasteiger partial charge in [0.1, 0.15) is 11.5 Å². The molecule has 0 atom stereocenters. The highest BCUT2D eigenvalue weighted by Gasteiger charge is 2.08. The normalized spacial score (nSPS) is 10.3. The second-order valence-electron chi connectivity index (χ2n) is 5.28. The van der Waals surface area contributed by atoms with Crippen LogP contribution in [0.1, 0.15) is 43.0 Å². The van der Waals surface area contributed by atoms with Crippen molar-refractivity contribution in [3.8, 4) is 11.5 Å². The SMILES string of the molecule is CCCCCCOc1ccc(OC(=O)c2cccc(I)c2)cc1. The van der Waals surface area contributed by atoms with Crippen molar-refractivity contribution in [1.82, 2.24) is 0 Å². The number of halogens is 1. The molecule has 2 aromatic carbocycles. The Morgan fingerprint density at radius 3 is 2.43 bits per heavy atom. The molecule has 0 amide bonds. The predicted molar refractivity (Wildman–Crippen MR) is 100 cm³/mol. The number of carbonyl (C=O) groups excluding carboxylic acids is 1. The summed E-state index contributed by atoms with van der Waals surface area (Å²) in [6.45, 7) is 2.92. The zero-order chi connectivity index (χ0) is 16.5. The van der Waals surface area contributed by atoms with Gasteiger partial charge in [0.25, 0.3) is 0 Å². The Balaban J connectivity index is 1.83. The molecule has 0 aliphatic heterocycles. The average molecular weight is 424 g/mol. The summed E-state index contributed by atoms with van der Waals surface area (Å²) in [5, 5.41) is 0. The van der Waals surface area contributed by atoms with Crippen LogP contribution in [0.3, 0.4) is 0 Å². The number of carbonyl (C=O) groups is 1. The number of rotatable bonds is 8. The largest absolute Gasteiger partial charge is 0.494 e. The van der Waals surface area contributed by atoms with E-state index in [1.54, 1.807) is 24.3 Å². The lowest BCUT2D eigenvalue weighted by Crippen LogP contribution is -2.08. The molecule has 0 N–H and O–H groups in total. The minimum atomic E-state index is -0.350. The van der Waals surface area contributed by atoms with Crippen molar-refractivity contribution in [3.05, 3.63) is 57.7 Å². The first-order valence-electron chi connectivity index (χ1n) is 7.89. The Bertz CT molecular complexity index is 623. The van der Waals surface area contributed by atoms with Gasteiger partial charge in [-0.1, -0.05) is 32.3 Å². The predicted octanol–water partition coefficient (Wildman–Crippen LogP) is 5.47. The van der Waals surface area contributed by atoms with E-state index in [0.717, 1.165) is 22.3 Å². The van der Waals surface area contributed by atoms with E-state index < -0.39 is 0 Å². The van der Waals surface area contributed by atoms with E-state index in [9.17, 15) is 4.79 Å². The fourth-order valence-corrected chi connectivity index (χ4v) is 2.65. The molecule has 0 bridgehead atoms. The first kappa shape index (κ1) is 17.8. The minimum Gasteiger partial charge on any atom is -0.494 e. The Labute approximate surface area is 151 Å². The lowest BCUT2D eigenvalue weighted by molar-refractivity contribution is 0.0734. The smallest absolute Gasteiger partial charge is 0.343 e. The highest BCUT2D eigenvalue weighted by Crippen LogP contribution is 2.19. The maximum Gasteiger partial charge on any atom is 0.343 e. The quantitative estimate of drug-likeness (QED) is 0.244. The Kier molecular flexibility index (Phi) is 7.39. The van der Waals surface area contributed by atoms with Gasteiger partial charge in [0, 0.05) is 3.57 Å². The first-order valence-corrected chi connectivity index (χ1v) is 8.97. The van der Waals surface area contributed by atoms with E-state index >= 15 is 0 Å². The van der Waals surface area contributed by atoms with Crippen LogP contribution in [0.5, 0.6) is 11.5 Å². The van der Waals surface area contributed by atoms with Crippen LogP contribution in [0.25, 0.3) is 0 Å². The maximum atomic E-state index is 12.1. The second kappa shape index (κ2) is 9.55. The molecule has 3 nitrogen and oxygen atoms in total. The number of hydrogen-bond donors (Lipinski definition) is 0. The van der Waals surface area contributed by atoms with E-state index in [0.29, 0.717) is 11.3 Å². The number of unbranched alkanes of at least 4 members (excludes halogenated alkanes) is 3. The summed E-state index contributed by atoms with van der Waals surface area (Å²) >= 11 is 2.17. The second-order valence-corrected chi connectivity index (χ2v) is 6.53. The zero-order valence-corrected chi connectivity index (χ0v) is 15.4. The summed E-state index contributed by atoms with van der Waals surface area (Å²) in [5.74, 6) is 0.972. The third-order valence-electron chi connectivity index (χ3n) is 3.36. The molecule has 0 radical (unpaired) electrons. The molecule has 23 heavy (non-hydrogen) atoms. The van der Waals surface area contributed by atoms with Crippen LogP contribution in [0.15, 0.2) is 48.5 Å². The number of ether oxygens (including phenoxy) is 2. The highest BCUT2D eigenvalue weighted by molar-refractivity contribution is 14.1. The lowest BCUT2D eigenvalue weighted by Gasteiger charge is -2.08. The van der Waals surface area contributed by atoms with Gasteiger partial charge in [-0.25, -0.2) is 4.79 Å². The molecule has 122 valence electrons. The summed E-state index contributed by atoms with van der Waals surface area (Å²) in [7, 11) is 0. The molecular formula is C19H21IO3. The van der Waals surface area contributed by atoms with E-state index in [4.69, 9.17) is 9.47 Å². The molecule has 0 saturated heterocycles. The average Bonchev–Trinajstić information content (AvgIpc) is 2.56. The number of benzene rings is 2. The molecule has 0 aliphatic rings. The van der Waals surface area contributed by atoms with Crippen LogP contribution >= 0.6 is 22.6 Å². The van der Waals surface area contributed by atoms with Gasteiger partial charge < -0.3 is 9.47 Å². The molecule has 0 aliphatic carbocycles. The lowest BCUT2D eigenvalue weighted by atomic mass is 10.2. The molecule has 4 heteroatoms. The fourth-order valence-electron chi connectivity index (χ4n) is 2.10. The van der Waals surface area contributed by atoms with Crippen molar-refractivity contribution in [2.24, 2.45) is 0 Å². The van der Waals surface area contributed by atoms with Crippen molar-refractivity contribution in [2.75, 3.05) is 6.61 Å². The van der Waals surface area contributed by atoms with Crippen molar-refractivity contribution in [3.63, 3.8) is 0 Å². The van der Waals surface area contributed by atoms with Crippen LogP contribution in [0.4, 0.5) is 0 Å². The van der Waals surface area contributed by atoms with Gasteiger partial charge in [-0.15, -0.1) is 0 Å². The van der Waals surface area contributed by atoms with Crippen LogP contribution in [-0.4, -0.2) is 12.6 Å². The van der Waals surface area contributed by atoms with Crippen LogP contribution in [0.2, 0.25) is 0 Å². The third kappa shape index (κ3) is 6.22. The molecule has 0 unspecified atom stereocenters. The standard InChI is InChI=1S/C19H21IO3/c1-2-3-4-5-13-22-17-9-11-18(12-10-17)23-19(21)15-7-6-8-16(20)14-15/h6-12,14H,2-5,13H2,1H3. The van der Waals surface area contributed by atoms with Crippen LogP contribution < -0.4 is 9.47 Å². The molecule has 2 rings (SSSR count). The first-order chi connectivity index (χ1) is 11.2. The Morgan fingerprint density at radius 1 is 1.00 bits per heavy atom. The summed E-state index contributed by atoms with van der Waals surface area (Å²) in [4.78, 5) is 12.1. The van der Waals surface area contributed by atoms with Gasteiger partial charge in [0.15, 0.2) is 0 Å². The summed E-state index contributed by atoms with van der Waals surface area (Å²) in [6, 6.07) is 14.5. The molecular weight excluding hydrogens is 403 g/mol. The molecule has 0 heterocycles. The molecule has 0 aromatic heterocycles. The van der Waals surface area contributed by atoms with Gasteiger partial charge >= 0.3 is 5.97 Å². The summed E-state index contributed by atoms with van der Waals surface area (Å²) < 4.78 is 12.0.